The molecule has 0 saturated heterocycles. The van der Waals surface area contributed by atoms with Gasteiger partial charge in [-0.2, -0.15) is 5.26 Å². The van der Waals surface area contributed by atoms with Gasteiger partial charge in [-0.3, -0.25) is 5.01 Å². The Labute approximate surface area is 107 Å². The van der Waals surface area contributed by atoms with Gasteiger partial charge in [0.1, 0.15) is 23.1 Å². The maximum Gasteiger partial charge on any atom is 0.143 e. The predicted molar refractivity (Wildman–Crippen MR) is 67.7 cm³/mol. The van der Waals surface area contributed by atoms with Crippen LogP contribution >= 0.6 is 0 Å². The van der Waals surface area contributed by atoms with Crippen molar-refractivity contribution in [3.63, 3.8) is 0 Å². The molecule has 0 aliphatic heterocycles. The monoisotopic (exact) mass is 248 g/mol. The van der Waals surface area contributed by atoms with E-state index in [-0.39, 0.29) is 23.3 Å². The maximum absolute atomic E-state index is 13.4. The van der Waals surface area contributed by atoms with Gasteiger partial charge in [0.2, 0.25) is 0 Å². The highest BCUT2D eigenvalue weighted by Gasteiger charge is 2.12. The number of halogens is 1. The van der Waals surface area contributed by atoms with Gasteiger partial charge in [0.25, 0.3) is 0 Å². The molecule has 0 unspecified atom stereocenters. The van der Waals surface area contributed by atoms with Crippen LogP contribution in [0.4, 0.5) is 10.1 Å². The van der Waals surface area contributed by atoms with Gasteiger partial charge in [0, 0.05) is 12.1 Å². The fourth-order valence-electron chi connectivity index (χ4n) is 1.61. The summed E-state index contributed by atoms with van der Waals surface area (Å²) in [6.45, 7) is 7.98. The molecule has 0 spiro atoms. The van der Waals surface area contributed by atoms with Crippen molar-refractivity contribution in [1.29, 1.82) is 5.26 Å². The Morgan fingerprint density at radius 2 is 1.83 bits per heavy atom. The van der Waals surface area contributed by atoms with E-state index in [2.05, 4.69) is 10.3 Å². The van der Waals surface area contributed by atoms with E-state index in [4.69, 9.17) is 5.26 Å². The molecule has 4 nitrogen and oxygen atoms in total. The molecule has 0 radical (unpaired) electrons. The molecular weight excluding hydrogens is 231 g/mol. The third kappa shape index (κ3) is 3.27. The summed E-state index contributed by atoms with van der Waals surface area (Å²) in [6.07, 6.45) is 0. The zero-order valence-electron chi connectivity index (χ0n) is 11.1. The van der Waals surface area contributed by atoms with Crippen LogP contribution < -0.4 is 0 Å². The first-order valence-corrected chi connectivity index (χ1v) is 5.86. The van der Waals surface area contributed by atoms with Gasteiger partial charge in [0.05, 0.1) is 0 Å². The number of hydrogen-bond donors (Lipinski definition) is 0. The van der Waals surface area contributed by atoms with E-state index >= 15 is 0 Å². The Kier molecular flexibility index (Phi) is 4.78. The molecule has 0 aliphatic carbocycles. The first-order chi connectivity index (χ1) is 8.47. The summed E-state index contributed by atoms with van der Waals surface area (Å²) in [5.41, 5.74) is 0.178. The molecule has 0 aromatic heterocycles. The van der Waals surface area contributed by atoms with Crippen LogP contribution in [0.15, 0.2) is 28.5 Å². The lowest BCUT2D eigenvalue weighted by Gasteiger charge is -2.25. The van der Waals surface area contributed by atoms with Crippen LogP contribution in [0.2, 0.25) is 0 Å². The summed E-state index contributed by atoms with van der Waals surface area (Å²) < 4.78 is 13.4. The molecule has 5 heteroatoms. The molecule has 1 rings (SSSR count). The molecule has 1 aromatic carbocycles. The number of benzene rings is 1. The van der Waals surface area contributed by atoms with Crippen LogP contribution in [0.3, 0.4) is 0 Å². The summed E-state index contributed by atoms with van der Waals surface area (Å²) >= 11 is 0. The predicted octanol–water partition coefficient (Wildman–Crippen LogP) is 3.81. The summed E-state index contributed by atoms with van der Waals surface area (Å²) in [4.78, 5) is 0. The fraction of sp³-hybridized carbons (Fsp3) is 0.462. The number of nitriles is 1. The molecule has 96 valence electrons. The number of nitrogens with zero attached hydrogens (tertiary/aromatic N) is 4. The number of rotatable bonds is 4. The molecule has 0 atom stereocenters. The fourth-order valence-corrected chi connectivity index (χ4v) is 1.61. The first-order valence-electron chi connectivity index (χ1n) is 5.86. The molecule has 0 aliphatic rings. The van der Waals surface area contributed by atoms with Crippen LogP contribution in [0, 0.1) is 17.1 Å². The zero-order valence-corrected chi connectivity index (χ0v) is 11.1. The average Bonchev–Trinajstić information content (AvgIpc) is 2.28. The molecule has 0 amide bonds. The van der Waals surface area contributed by atoms with Crippen molar-refractivity contribution in [1.82, 2.24) is 5.01 Å². The van der Waals surface area contributed by atoms with Crippen molar-refractivity contribution in [3.8, 4) is 6.07 Å². The summed E-state index contributed by atoms with van der Waals surface area (Å²) in [7, 11) is 0. The largest absolute Gasteiger partial charge is 0.273 e. The second-order valence-electron chi connectivity index (χ2n) is 4.50. The Morgan fingerprint density at radius 3 is 2.33 bits per heavy atom. The average molecular weight is 248 g/mol. The third-order valence-electron chi connectivity index (χ3n) is 2.42. The van der Waals surface area contributed by atoms with E-state index in [1.54, 1.807) is 17.1 Å². The van der Waals surface area contributed by atoms with Crippen molar-refractivity contribution in [2.75, 3.05) is 0 Å². The van der Waals surface area contributed by atoms with Gasteiger partial charge in [-0.1, -0.05) is 11.3 Å². The van der Waals surface area contributed by atoms with Gasteiger partial charge >= 0.3 is 0 Å². The van der Waals surface area contributed by atoms with Crippen LogP contribution in [0.25, 0.3) is 0 Å². The molecule has 0 saturated carbocycles. The SMILES string of the molecule is CC(C)N(N=Nc1cccc(F)c1C#N)C(C)C. The van der Waals surface area contributed by atoms with Crippen molar-refractivity contribution in [2.45, 2.75) is 39.8 Å². The lowest BCUT2D eigenvalue weighted by Crippen LogP contribution is -2.31. The van der Waals surface area contributed by atoms with Gasteiger partial charge in [-0.05, 0) is 39.8 Å². The second-order valence-corrected chi connectivity index (χ2v) is 4.50. The second kappa shape index (κ2) is 6.10. The van der Waals surface area contributed by atoms with Gasteiger partial charge in [-0.25, -0.2) is 4.39 Å². The summed E-state index contributed by atoms with van der Waals surface area (Å²) in [5, 5.41) is 18.7. The Bertz CT molecular complexity index is 466. The van der Waals surface area contributed by atoms with Crippen molar-refractivity contribution in [2.24, 2.45) is 10.3 Å². The highest BCUT2D eigenvalue weighted by Crippen LogP contribution is 2.22. The summed E-state index contributed by atoms with van der Waals surface area (Å²) in [5.74, 6) is -0.574. The highest BCUT2D eigenvalue weighted by atomic mass is 19.1. The summed E-state index contributed by atoms with van der Waals surface area (Å²) in [6, 6.07) is 6.50. The van der Waals surface area contributed by atoms with Crippen LogP contribution in [0.5, 0.6) is 0 Å². The molecule has 0 fully saturated rings. The highest BCUT2D eigenvalue weighted by molar-refractivity contribution is 5.53. The molecule has 0 bridgehead atoms. The Balaban J connectivity index is 3.04. The standard InChI is InChI=1S/C13H17FN4/c1-9(2)18(10(3)4)17-16-13-7-5-6-12(14)11(13)8-15/h5-7,9-10H,1-4H3. The van der Waals surface area contributed by atoms with Crippen LogP contribution in [-0.2, 0) is 0 Å². The van der Waals surface area contributed by atoms with E-state index in [0.29, 0.717) is 0 Å². The van der Waals surface area contributed by atoms with Crippen LogP contribution in [-0.4, -0.2) is 17.1 Å². The lowest BCUT2D eigenvalue weighted by atomic mass is 10.2. The minimum atomic E-state index is -0.574. The van der Waals surface area contributed by atoms with Crippen molar-refractivity contribution in [3.05, 3.63) is 29.6 Å². The molecular formula is C13H17FN4. The lowest BCUT2D eigenvalue weighted by molar-refractivity contribution is 0.169. The van der Waals surface area contributed by atoms with E-state index in [0.717, 1.165) is 0 Å². The maximum atomic E-state index is 13.4. The molecule has 18 heavy (non-hydrogen) atoms. The molecule has 1 aromatic rings. The molecule has 0 heterocycles. The quantitative estimate of drug-likeness (QED) is 0.601. The van der Waals surface area contributed by atoms with Gasteiger partial charge in [0.15, 0.2) is 0 Å². The van der Waals surface area contributed by atoms with Crippen LogP contribution in [0.1, 0.15) is 33.3 Å². The molecule has 0 N–H and O–H groups in total. The van der Waals surface area contributed by atoms with Crippen molar-refractivity contribution < 1.29 is 4.39 Å². The first kappa shape index (κ1) is 14.1. The van der Waals surface area contributed by atoms with Gasteiger partial charge in [-0.15, -0.1) is 5.11 Å². The minimum absolute atomic E-state index is 0.0753. The van der Waals surface area contributed by atoms with E-state index in [1.165, 1.54) is 12.1 Å². The minimum Gasteiger partial charge on any atom is -0.273 e. The zero-order chi connectivity index (χ0) is 13.7. The van der Waals surface area contributed by atoms with E-state index < -0.39 is 5.82 Å². The topological polar surface area (TPSA) is 51.8 Å². The Morgan fingerprint density at radius 1 is 1.22 bits per heavy atom. The third-order valence-corrected chi connectivity index (χ3v) is 2.42. The Hall–Kier alpha value is -1.96. The van der Waals surface area contributed by atoms with Gasteiger partial charge < -0.3 is 0 Å². The van der Waals surface area contributed by atoms with E-state index in [9.17, 15) is 4.39 Å². The normalized spacial score (nSPS) is 11.2. The van der Waals surface area contributed by atoms with Crippen molar-refractivity contribution >= 4 is 5.69 Å². The van der Waals surface area contributed by atoms with E-state index in [1.807, 2.05) is 27.7 Å². The smallest absolute Gasteiger partial charge is 0.143 e. The number of hydrogen-bond acceptors (Lipinski definition) is 3.